The van der Waals surface area contributed by atoms with E-state index in [1.165, 1.54) is 24.3 Å². The van der Waals surface area contributed by atoms with Crippen molar-refractivity contribution in [3.8, 4) is 5.75 Å². The number of carbonyl (C=O) groups is 1. The van der Waals surface area contributed by atoms with Crippen molar-refractivity contribution >= 4 is 6.03 Å². The fourth-order valence-corrected chi connectivity index (χ4v) is 2.79. The summed E-state index contributed by atoms with van der Waals surface area (Å²) < 4.78 is 40.2. The van der Waals surface area contributed by atoms with Crippen LogP contribution >= 0.6 is 0 Å². The maximum atomic E-state index is 12.2. The summed E-state index contributed by atoms with van der Waals surface area (Å²) in [5.41, 5.74) is 0.715. The van der Waals surface area contributed by atoms with Crippen LogP contribution in [0.1, 0.15) is 44.2 Å². The number of alkyl halides is 3. The molecule has 2 rings (SSSR count). The van der Waals surface area contributed by atoms with Crippen molar-refractivity contribution in [1.29, 1.82) is 0 Å². The number of hydrogen-bond acceptors (Lipinski definition) is 2. The number of nitrogens with zero attached hydrogens (tertiary/aromatic N) is 1. The van der Waals surface area contributed by atoms with Gasteiger partial charge in [0.25, 0.3) is 0 Å². The molecule has 1 aliphatic carbocycles. The van der Waals surface area contributed by atoms with Gasteiger partial charge in [0.2, 0.25) is 0 Å². The number of carbonyl (C=O) groups excluding carboxylic acids is 1. The Hall–Kier alpha value is -1.92. The molecule has 1 aromatic rings. The Morgan fingerprint density at radius 3 is 2.35 bits per heavy atom. The van der Waals surface area contributed by atoms with Crippen molar-refractivity contribution in [2.75, 3.05) is 7.05 Å². The third-order valence-corrected chi connectivity index (χ3v) is 4.15. The zero-order valence-electron chi connectivity index (χ0n) is 13.2. The molecule has 1 fully saturated rings. The molecular formula is C16H21F3N2O2. The van der Waals surface area contributed by atoms with Gasteiger partial charge in [-0.1, -0.05) is 25.0 Å². The maximum absolute atomic E-state index is 12.2. The summed E-state index contributed by atoms with van der Waals surface area (Å²) in [5, 5.41) is 2.86. The van der Waals surface area contributed by atoms with Gasteiger partial charge >= 0.3 is 12.4 Å². The fourth-order valence-electron chi connectivity index (χ4n) is 2.79. The van der Waals surface area contributed by atoms with Crippen molar-refractivity contribution in [1.82, 2.24) is 10.2 Å². The van der Waals surface area contributed by atoms with E-state index in [1.807, 2.05) is 0 Å². The summed E-state index contributed by atoms with van der Waals surface area (Å²) in [6, 6.07) is 5.32. The topological polar surface area (TPSA) is 41.6 Å². The predicted molar refractivity (Wildman–Crippen MR) is 80.1 cm³/mol. The van der Waals surface area contributed by atoms with Crippen LogP contribution in [0, 0.1) is 0 Å². The number of hydrogen-bond donors (Lipinski definition) is 1. The molecule has 0 spiro atoms. The minimum Gasteiger partial charge on any atom is -0.406 e. The Bertz CT molecular complexity index is 525. The molecule has 1 aliphatic rings. The molecule has 0 aromatic heterocycles. The molecule has 0 aliphatic heterocycles. The lowest BCUT2D eigenvalue weighted by Crippen LogP contribution is -2.43. The Kier molecular flexibility index (Phi) is 5.38. The monoisotopic (exact) mass is 330 g/mol. The first kappa shape index (κ1) is 17.4. The molecule has 1 atom stereocenters. The summed E-state index contributed by atoms with van der Waals surface area (Å²) in [6.07, 6.45) is -0.397. The van der Waals surface area contributed by atoms with Gasteiger partial charge in [-0.15, -0.1) is 13.2 Å². The largest absolute Gasteiger partial charge is 0.573 e. The first-order chi connectivity index (χ1) is 10.8. The smallest absolute Gasteiger partial charge is 0.406 e. The number of rotatable bonds is 4. The van der Waals surface area contributed by atoms with E-state index in [0.29, 0.717) is 5.56 Å². The normalized spacial score (nSPS) is 16.9. The second kappa shape index (κ2) is 7.10. The molecular weight excluding hydrogens is 309 g/mol. The van der Waals surface area contributed by atoms with Crippen molar-refractivity contribution in [3.63, 3.8) is 0 Å². The summed E-state index contributed by atoms with van der Waals surface area (Å²) >= 11 is 0. The molecule has 0 saturated heterocycles. The second-order valence-corrected chi connectivity index (χ2v) is 5.84. The van der Waals surface area contributed by atoms with Crippen LogP contribution in [0.3, 0.4) is 0 Å². The van der Waals surface area contributed by atoms with Crippen LogP contribution in [0.2, 0.25) is 0 Å². The molecule has 0 radical (unpaired) electrons. The van der Waals surface area contributed by atoms with Crippen LogP contribution in [0.4, 0.5) is 18.0 Å². The van der Waals surface area contributed by atoms with E-state index in [9.17, 15) is 18.0 Å². The highest BCUT2D eigenvalue weighted by Crippen LogP contribution is 2.25. The van der Waals surface area contributed by atoms with Crippen LogP contribution < -0.4 is 10.1 Å². The zero-order chi connectivity index (χ0) is 17.0. The molecule has 4 nitrogen and oxygen atoms in total. The summed E-state index contributed by atoms with van der Waals surface area (Å²) in [5.74, 6) is -0.275. The van der Waals surface area contributed by atoms with Crippen LogP contribution in [-0.2, 0) is 0 Å². The van der Waals surface area contributed by atoms with E-state index in [1.54, 1.807) is 18.9 Å². The number of amides is 2. The second-order valence-electron chi connectivity index (χ2n) is 5.84. The third kappa shape index (κ3) is 5.04. The molecule has 1 unspecified atom stereocenters. The van der Waals surface area contributed by atoms with Gasteiger partial charge in [-0.05, 0) is 37.5 Å². The molecule has 23 heavy (non-hydrogen) atoms. The minimum atomic E-state index is -4.70. The van der Waals surface area contributed by atoms with Crippen molar-refractivity contribution in [2.45, 2.75) is 51.1 Å². The Morgan fingerprint density at radius 2 is 1.83 bits per heavy atom. The minimum absolute atomic E-state index is 0.167. The number of nitrogens with one attached hydrogen (secondary N) is 1. The van der Waals surface area contributed by atoms with Crippen LogP contribution in [-0.4, -0.2) is 30.4 Å². The first-order valence-corrected chi connectivity index (χ1v) is 7.65. The SMILES string of the molecule is CC(NC(=O)N(C)C1CCCC1)c1ccc(OC(F)(F)F)cc1. The van der Waals surface area contributed by atoms with Gasteiger partial charge < -0.3 is 15.0 Å². The van der Waals surface area contributed by atoms with Gasteiger partial charge in [0.15, 0.2) is 0 Å². The van der Waals surface area contributed by atoms with Gasteiger partial charge in [0, 0.05) is 13.1 Å². The van der Waals surface area contributed by atoms with E-state index in [2.05, 4.69) is 10.1 Å². The van der Waals surface area contributed by atoms with Gasteiger partial charge in [-0.25, -0.2) is 4.79 Å². The molecule has 0 heterocycles. The fraction of sp³-hybridized carbons (Fsp3) is 0.562. The third-order valence-electron chi connectivity index (χ3n) is 4.15. The molecule has 1 saturated carbocycles. The number of ether oxygens (including phenoxy) is 1. The van der Waals surface area contributed by atoms with Crippen LogP contribution in [0.5, 0.6) is 5.75 Å². The highest BCUT2D eigenvalue weighted by Gasteiger charge is 2.31. The van der Waals surface area contributed by atoms with E-state index < -0.39 is 6.36 Å². The van der Waals surface area contributed by atoms with Crippen molar-refractivity contribution < 1.29 is 22.7 Å². The Balaban J connectivity index is 1.92. The Morgan fingerprint density at radius 1 is 1.26 bits per heavy atom. The van der Waals surface area contributed by atoms with Gasteiger partial charge in [-0.2, -0.15) is 0 Å². The van der Waals surface area contributed by atoms with Crippen LogP contribution in [0.15, 0.2) is 24.3 Å². The maximum Gasteiger partial charge on any atom is 0.573 e. The highest BCUT2D eigenvalue weighted by molar-refractivity contribution is 5.74. The van der Waals surface area contributed by atoms with E-state index in [4.69, 9.17) is 0 Å². The lowest BCUT2D eigenvalue weighted by Gasteiger charge is -2.26. The zero-order valence-corrected chi connectivity index (χ0v) is 13.2. The summed E-state index contributed by atoms with van der Waals surface area (Å²) in [4.78, 5) is 13.9. The molecule has 1 N–H and O–H groups in total. The number of urea groups is 1. The summed E-state index contributed by atoms with van der Waals surface area (Å²) in [7, 11) is 1.78. The molecule has 0 bridgehead atoms. The summed E-state index contributed by atoms with van der Waals surface area (Å²) in [6.45, 7) is 1.79. The highest BCUT2D eigenvalue weighted by atomic mass is 19.4. The Labute approximate surface area is 133 Å². The molecule has 1 aromatic carbocycles. The lowest BCUT2D eigenvalue weighted by molar-refractivity contribution is -0.274. The van der Waals surface area contributed by atoms with Crippen molar-refractivity contribution in [3.05, 3.63) is 29.8 Å². The quantitative estimate of drug-likeness (QED) is 0.897. The lowest BCUT2D eigenvalue weighted by atomic mass is 10.1. The van der Waals surface area contributed by atoms with Gasteiger partial charge in [0.1, 0.15) is 5.75 Å². The molecule has 128 valence electrons. The first-order valence-electron chi connectivity index (χ1n) is 7.65. The predicted octanol–water partition coefficient (Wildman–Crippen LogP) is 4.23. The molecule has 2 amide bonds. The average Bonchev–Trinajstić information content (AvgIpc) is 2.99. The van der Waals surface area contributed by atoms with Gasteiger partial charge in [-0.3, -0.25) is 0 Å². The van der Waals surface area contributed by atoms with Crippen molar-refractivity contribution in [2.24, 2.45) is 0 Å². The van der Waals surface area contributed by atoms with E-state index in [-0.39, 0.29) is 23.9 Å². The van der Waals surface area contributed by atoms with Crippen LogP contribution in [0.25, 0.3) is 0 Å². The average molecular weight is 330 g/mol. The van der Waals surface area contributed by atoms with E-state index in [0.717, 1.165) is 25.7 Å². The standard InChI is InChI=1S/C16H21F3N2O2/c1-11(20-15(22)21(2)13-5-3-4-6-13)12-7-9-14(10-8-12)23-16(17,18)19/h7-11,13H,3-6H2,1-2H3,(H,20,22). The van der Waals surface area contributed by atoms with E-state index >= 15 is 0 Å². The van der Waals surface area contributed by atoms with Gasteiger partial charge in [0.05, 0.1) is 6.04 Å². The molecule has 7 heteroatoms. The number of benzene rings is 1. The number of halogens is 3.